The molecule has 0 aliphatic rings. The second-order valence-electron chi connectivity index (χ2n) is 5.95. The number of benzene rings is 1. The van der Waals surface area contributed by atoms with Crippen molar-refractivity contribution in [1.82, 2.24) is 10.2 Å². The zero-order chi connectivity index (χ0) is 14.5. The molecule has 0 spiro atoms. The molecule has 0 unspecified atom stereocenters. The summed E-state index contributed by atoms with van der Waals surface area (Å²) < 4.78 is 1.41. The zero-order valence-corrected chi connectivity index (χ0v) is 13.9. The molecule has 3 heteroatoms. The fourth-order valence-corrected chi connectivity index (χ4v) is 3.68. The highest BCUT2D eigenvalue weighted by molar-refractivity contribution is 7.19. The average molecular weight is 290 g/mol. The first-order valence-corrected chi connectivity index (χ1v) is 8.26. The molecule has 1 aromatic carbocycles. The fraction of sp³-hybridized carbons (Fsp3) is 0.529. The van der Waals surface area contributed by atoms with Crippen molar-refractivity contribution in [2.75, 3.05) is 20.6 Å². The molecule has 0 amide bonds. The average Bonchev–Trinajstić information content (AvgIpc) is 2.75. The first-order valence-electron chi connectivity index (χ1n) is 7.44. The molecule has 0 bridgehead atoms. The summed E-state index contributed by atoms with van der Waals surface area (Å²) in [5.41, 5.74) is 1.51. The van der Waals surface area contributed by atoms with E-state index in [2.05, 4.69) is 55.4 Å². The van der Waals surface area contributed by atoms with Crippen molar-refractivity contribution in [1.29, 1.82) is 0 Å². The van der Waals surface area contributed by atoms with Crippen molar-refractivity contribution in [2.24, 2.45) is 5.92 Å². The van der Waals surface area contributed by atoms with Gasteiger partial charge in [0.1, 0.15) is 0 Å². The first kappa shape index (κ1) is 15.5. The van der Waals surface area contributed by atoms with Gasteiger partial charge in [-0.1, -0.05) is 32.0 Å². The molecular formula is C17H26N2S. The third-order valence-electron chi connectivity index (χ3n) is 3.64. The highest BCUT2D eigenvalue weighted by Crippen LogP contribution is 2.32. The predicted octanol–water partition coefficient (Wildman–Crippen LogP) is 4.10. The van der Waals surface area contributed by atoms with Crippen LogP contribution >= 0.6 is 11.3 Å². The summed E-state index contributed by atoms with van der Waals surface area (Å²) in [6.07, 6.45) is 1.26. The van der Waals surface area contributed by atoms with Crippen molar-refractivity contribution in [3.8, 4) is 0 Å². The summed E-state index contributed by atoms with van der Waals surface area (Å²) in [6, 6.07) is 8.78. The molecule has 0 saturated heterocycles. The van der Waals surface area contributed by atoms with Crippen molar-refractivity contribution in [2.45, 2.75) is 33.4 Å². The molecule has 2 nitrogen and oxygen atoms in total. The van der Waals surface area contributed by atoms with Gasteiger partial charge in [-0.15, -0.1) is 11.3 Å². The number of thiophene rings is 1. The van der Waals surface area contributed by atoms with Gasteiger partial charge in [0.25, 0.3) is 0 Å². The highest BCUT2D eigenvalue weighted by Gasteiger charge is 2.13. The molecule has 0 aliphatic heterocycles. The van der Waals surface area contributed by atoms with E-state index in [-0.39, 0.29) is 0 Å². The van der Waals surface area contributed by atoms with Gasteiger partial charge < -0.3 is 10.2 Å². The summed E-state index contributed by atoms with van der Waals surface area (Å²) in [5.74, 6) is 0.772. The van der Waals surface area contributed by atoms with Gasteiger partial charge in [0.2, 0.25) is 0 Å². The maximum atomic E-state index is 3.30. The van der Waals surface area contributed by atoms with E-state index in [0.29, 0.717) is 0 Å². The molecule has 0 aliphatic carbocycles. The van der Waals surface area contributed by atoms with Gasteiger partial charge in [-0.25, -0.2) is 0 Å². The monoisotopic (exact) mass is 290 g/mol. The number of hydrogen-bond acceptors (Lipinski definition) is 3. The minimum Gasteiger partial charge on any atom is -0.315 e. The van der Waals surface area contributed by atoms with Crippen LogP contribution in [0, 0.1) is 5.92 Å². The van der Waals surface area contributed by atoms with Crippen LogP contribution in [-0.2, 0) is 13.1 Å². The number of rotatable bonds is 7. The van der Waals surface area contributed by atoms with Crippen LogP contribution in [-0.4, -0.2) is 25.5 Å². The Morgan fingerprint density at radius 1 is 1.25 bits per heavy atom. The number of hydrogen-bond donors (Lipinski definition) is 1. The molecular weight excluding hydrogens is 264 g/mol. The van der Waals surface area contributed by atoms with Crippen LogP contribution in [0.5, 0.6) is 0 Å². The van der Waals surface area contributed by atoms with Crippen LogP contribution in [0.4, 0.5) is 0 Å². The van der Waals surface area contributed by atoms with Crippen molar-refractivity contribution >= 4 is 21.4 Å². The van der Waals surface area contributed by atoms with E-state index in [0.717, 1.165) is 19.0 Å². The van der Waals surface area contributed by atoms with Crippen LogP contribution in [0.25, 0.3) is 10.1 Å². The Balaban J connectivity index is 2.20. The molecule has 20 heavy (non-hydrogen) atoms. The lowest BCUT2D eigenvalue weighted by molar-refractivity contribution is 0.304. The van der Waals surface area contributed by atoms with E-state index < -0.39 is 0 Å². The molecule has 1 aromatic heterocycles. The second-order valence-corrected chi connectivity index (χ2v) is 7.09. The van der Waals surface area contributed by atoms with E-state index >= 15 is 0 Å². The largest absolute Gasteiger partial charge is 0.315 e. The topological polar surface area (TPSA) is 15.3 Å². The molecule has 110 valence electrons. The predicted molar refractivity (Wildman–Crippen MR) is 90.4 cm³/mol. The van der Waals surface area contributed by atoms with Crippen LogP contribution in [0.3, 0.4) is 0 Å². The SMILES string of the molecule is CNCc1sc2ccccc2c1CN(C)CCC(C)C. The van der Waals surface area contributed by atoms with Crippen molar-refractivity contribution < 1.29 is 0 Å². The minimum atomic E-state index is 0.772. The Hall–Kier alpha value is -0.900. The van der Waals surface area contributed by atoms with E-state index in [1.54, 1.807) is 0 Å². The minimum absolute atomic E-state index is 0.772. The number of nitrogens with one attached hydrogen (secondary N) is 1. The summed E-state index contributed by atoms with van der Waals surface area (Å²) in [7, 11) is 4.26. The van der Waals surface area contributed by atoms with Gasteiger partial charge in [0, 0.05) is 22.7 Å². The Kier molecular flexibility index (Phi) is 5.58. The number of fused-ring (bicyclic) bond motifs is 1. The highest BCUT2D eigenvalue weighted by atomic mass is 32.1. The summed E-state index contributed by atoms with van der Waals surface area (Å²) in [4.78, 5) is 3.93. The maximum absolute atomic E-state index is 3.30. The van der Waals surface area contributed by atoms with Gasteiger partial charge in [0.05, 0.1) is 0 Å². The van der Waals surface area contributed by atoms with Gasteiger partial charge in [-0.2, -0.15) is 0 Å². The summed E-state index contributed by atoms with van der Waals surface area (Å²) >= 11 is 1.93. The lowest BCUT2D eigenvalue weighted by Gasteiger charge is -2.18. The van der Waals surface area contributed by atoms with E-state index in [1.807, 2.05) is 18.4 Å². The molecule has 1 heterocycles. The summed E-state index contributed by atoms with van der Waals surface area (Å²) in [6.45, 7) is 7.77. The van der Waals surface area contributed by atoms with Crippen LogP contribution in [0.1, 0.15) is 30.7 Å². The van der Waals surface area contributed by atoms with Gasteiger partial charge in [-0.3, -0.25) is 0 Å². The quantitative estimate of drug-likeness (QED) is 0.826. The van der Waals surface area contributed by atoms with Crippen molar-refractivity contribution in [3.63, 3.8) is 0 Å². The molecule has 0 saturated carbocycles. The number of nitrogens with zero attached hydrogens (tertiary/aromatic N) is 1. The zero-order valence-electron chi connectivity index (χ0n) is 13.1. The molecule has 0 radical (unpaired) electrons. The van der Waals surface area contributed by atoms with E-state index in [1.165, 1.54) is 33.5 Å². The molecule has 2 rings (SSSR count). The Bertz CT molecular complexity index is 545. The van der Waals surface area contributed by atoms with Crippen LogP contribution in [0.15, 0.2) is 24.3 Å². The van der Waals surface area contributed by atoms with Crippen LogP contribution in [0.2, 0.25) is 0 Å². The Labute approximate surface area is 126 Å². The molecule has 1 N–H and O–H groups in total. The second kappa shape index (κ2) is 7.21. The van der Waals surface area contributed by atoms with Gasteiger partial charge in [-0.05, 0) is 50.0 Å². The first-order chi connectivity index (χ1) is 9.61. The normalized spacial score (nSPS) is 11.9. The Morgan fingerprint density at radius 2 is 2.00 bits per heavy atom. The third-order valence-corrected chi connectivity index (χ3v) is 4.85. The smallest absolute Gasteiger partial charge is 0.0349 e. The standard InChI is InChI=1S/C17H26N2S/c1-13(2)9-10-19(4)12-15-14-7-5-6-8-16(14)20-17(15)11-18-3/h5-8,13,18H,9-12H2,1-4H3. The van der Waals surface area contributed by atoms with Crippen LogP contribution < -0.4 is 5.32 Å². The van der Waals surface area contributed by atoms with Gasteiger partial charge >= 0.3 is 0 Å². The lowest BCUT2D eigenvalue weighted by atomic mass is 10.1. The summed E-state index contributed by atoms with van der Waals surface area (Å²) in [5, 5.41) is 4.73. The fourth-order valence-electron chi connectivity index (χ4n) is 2.45. The van der Waals surface area contributed by atoms with E-state index in [4.69, 9.17) is 0 Å². The molecule has 0 atom stereocenters. The lowest BCUT2D eigenvalue weighted by Crippen LogP contribution is -2.21. The van der Waals surface area contributed by atoms with Crippen molar-refractivity contribution in [3.05, 3.63) is 34.7 Å². The molecule has 2 aromatic rings. The maximum Gasteiger partial charge on any atom is 0.0349 e. The molecule has 0 fully saturated rings. The Morgan fingerprint density at radius 3 is 2.70 bits per heavy atom. The third kappa shape index (κ3) is 3.81. The van der Waals surface area contributed by atoms with E-state index in [9.17, 15) is 0 Å². The van der Waals surface area contributed by atoms with Gasteiger partial charge in [0.15, 0.2) is 0 Å².